The molecule has 1 saturated heterocycles. The normalized spacial score (nSPS) is 17.6. The average molecular weight is 301 g/mol. The van der Waals surface area contributed by atoms with E-state index in [1.807, 2.05) is 7.05 Å². The molecule has 0 aliphatic carbocycles. The number of pyridine rings is 1. The summed E-state index contributed by atoms with van der Waals surface area (Å²) in [6, 6.07) is 6.89. The summed E-state index contributed by atoms with van der Waals surface area (Å²) < 4.78 is 2.23. The van der Waals surface area contributed by atoms with E-state index in [0.29, 0.717) is 6.04 Å². The number of hydrogen-bond acceptors (Lipinski definition) is 4. The van der Waals surface area contributed by atoms with Crippen LogP contribution in [0.25, 0.3) is 5.65 Å². The second kappa shape index (κ2) is 6.77. The Hall–Kier alpha value is -1.43. The number of rotatable bonds is 5. The molecule has 3 rings (SSSR count). The van der Waals surface area contributed by atoms with Crippen molar-refractivity contribution < 1.29 is 0 Å². The van der Waals surface area contributed by atoms with Gasteiger partial charge in [-0.05, 0) is 59.2 Å². The van der Waals surface area contributed by atoms with Gasteiger partial charge in [-0.1, -0.05) is 6.07 Å². The smallest absolute Gasteiger partial charge is 0.137 e. The molecule has 0 spiro atoms. The first-order chi connectivity index (χ1) is 10.7. The number of piperidine rings is 1. The van der Waals surface area contributed by atoms with Gasteiger partial charge in [0.1, 0.15) is 5.65 Å². The lowest BCUT2D eigenvalue weighted by Gasteiger charge is -2.35. The van der Waals surface area contributed by atoms with E-state index < -0.39 is 0 Å². The molecule has 5 nitrogen and oxygen atoms in total. The minimum atomic E-state index is 0.674. The highest BCUT2D eigenvalue weighted by Crippen LogP contribution is 2.19. The Morgan fingerprint density at radius 3 is 2.82 bits per heavy atom. The first-order valence-corrected chi connectivity index (χ1v) is 8.17. The molecule has 0 bridgehead atoms. The van der Waals surface area contributed by atoms with Crippen LogP contribution < -0.4 is 5.32 Å². The summed E-state index contributed by atoms with van der Waals surface area (Å²) in [5, 5.41) is 3.24. The maximum Gasteiger partial charge on any atom is 0.137 e. The molecule has 2 aromatic heterocycles. The molecule has 1 N–H and O–H groups in total. The number of likely N-dealkylation sites (tertiary alicyclic amines) is 1. The number of nitrogens with zero attached hydrogens (tertiary/aromatic N) is 4. The molecule has 2 aromatic rings. The molecule has 1 aliphatic heterocycles. The molecule has 1 aliphatic rings. The Morgan fingerprint density at radius 2 is 2.09 bits per heavy atom. The van der Waals surface area contributed by atoms with Crippen molar-refractivity contribution in [3.8, 4) is 0 Å². The van der Waals surface area contributed by atoms with Crippen LogP contribution in [-0.2, 0) is 13.1 Å². The fourth-order valence-corrected chi connectivity index (χ4v) is 3.37. The van der Waals surface area contributed by atoms with Gasteiger partial charge in [0.2, 0.25) is 0 Å². The van der Waals surface area contributed by atoms with Gasteiger partial charge in [-0.25, -0.2) is 4.98 Å². The minimum Gasteiger partial charge on any atom is -0.314 e. The summed E-state index contributed by atoms with van der Waals surface area (Å²) in [5.41, 5.74) is 3.51. The number of fused-ring (bicyclic) bond motifs is 1. The summed E-state index contributed by atoms with van der Waals surface area (Å²) >= 11 is 0. The molecule has 120 valence electrons. The zero-order valence-electron chi connectivity index (χ0n) is 13.9. The highest BCUT2D eigenvalue weighted by molar-refractivity contribution is 5.43. The van der Waals surface area contributed by atoms with Crippen molar-refractivity contribution in [3.05, 3.63) is 35.8 Å². The molecule has 0 atom stereocenters. The second-order valence-corrected chi connectivity index (χ2v) is 6.41. The van der Waals surface area contributed by atoms with Gasteiger partial charge in [0.25, 0.3) is 0 Å². The standard InChI is InChI=1S/C17H27N5/c1-18-12-15-16(22-9-5-4-6-17(22)19-15)13-21(3)14-7-10-20(2)11-8-14/h4-6,9,14,18H,7-8,10-13H2,1-3H3. The van der Waals surface area contributed by atoms with Gasteiger partial charge < -0.3 is 14.6 Å². The van der Waals surface area contributed by atoms with E-state index in [-0.39, 0.29) is 0 Å². The van der Waals surface area contributed by atoms with Crippen LogP contribution in [0, 0.1) is 0 Å². The molecule has 0 amide bonds. The van der Waals surface area contributed by atoms with Crippen LogP contribution in [0.2, 0.25) is 0 Å². The predicted octanol–water partition coefficient (Wildman–Crippen LogP) is 1.58. The number of imidazole rings is 1. The molecule has 1 fully saturated rings. The Balaban J connectivity index is 1.81. The highest BCUT2D eigenvalue weighted by atomic mass is 15.2. The van der Waals surface area contributed by atoms with Crippen LogP contribution in [-0.4, -0.2) is 59.5 Å². The van der Waals surface area contributed by atoms with Gasteiger partial charge in [0, 0.05) is 25.3 Å². The molecule has 0 saturated carbocycles. The first-order valence-electron chi connectivity index (χ1n) is 8.17. The van der Waals surface area contributed by atoms with Crippen LogP contribution in [0.15, 0.2) is 24.4 Å². The SMILES string of the molecule is CNCc1nc2ccccn2c1CN(C)C1CCN(C)CC1. The van der Waals surface area contributed by atoms with Gasteiger partial charge >= 0.3 is 0 Å². The Labute approximate surface area is 132 Å². The summed E-state index contributed by atoms with van der Waals surface area (Å²) in [4.78, 5) is 9.70. The summed E-state index contributed by atoms with van der Waals surface area (Å²) in [7, 11) is 6.45. The maximum absolute atomic E-state index is 4.78. The predicted molar refractivity (Wildman–Crippen MR) is 89.9 cm³/mol. The summed E-state index contributed by atoms with van der Waals surface area (Å²) in [5.74, 6) is 0. The Kier molecular flexibility index (Phi) is 4.76. The van der Waals surface area contributed by atoms with Crippen molar-refractivity contribution in [2.75, 3.05) is 34.2 Å². The van der Waals surface area contributed by atoms with Gasteiger partial charge in [-0.2, -0.15) is 0 Å². The molecule has 0 unspecified atom stereocenters. The average Bonchev–Trinajstić information content (AvgIpc) is 2.86. The van der Waals surface area contributed by atoms with Crippen molar-refractivity contribution in [1.82, 2.24) is 24.5 Å². The van der Waals surface area contributed by atoms with Crippen molar-refractivity contribution >= 4 is 5.65 Å². The zero-order chi connectivity index (χ0) is 15.5. The Bertz CT molecular complexity index is 613. The van der Waals surface area contributed by atoms with Gasteiger partial charge in [-0.15, -0.1) is 0 Å². The third-order valence-corrected chi connectivity index (χ3v) is 4.77. The topological polar surface area (TPSA) is 35.8 Å². The summed E-state index contributed by atoms with van der Waals surface area (Å²) in [6.45, 7) is 4.17. The molecular formula is C17H27N5. The molecule has 5 heteroatoms. The Morgan fingerprint density at radius 1 is 1.32 bits per heavy atom. The van der Waals surface area contributed by atoms with E-state index in [0.717, 1.165) is 24.4 Å². The van der Waals surface area contributed by atoms with E-state index in [1.54, 1.807) is 0 Å². The van der Waals surface area contributed by atoms with Gasteiger partial charge in [0.05, 0.1) is 11.4 Å². The van der Waals surface area contributed by atoms with Gasteiger partial charge in [0.15, 0.2) is 0 Å². The van der Waals surface area contributed by atoms with Crippen molar-refractivity contribution in [1.29, 1.82) is 0 Å². The maximum atomic E-state index is 4.78. The molecule has 3 heterocycles. The van der Waals surface area contributed by atoms with E-state index in [2.05, 4.69) is 58.0 Å². The zero-order valence-corrected chi connectivity index (χ0v) is 13.9. The van der Waals surface area contributed by atoms with Crippen molar-refractivity contribution in [2.24, 2.45) is 0 Å². The highest BCUT2D eigenvalue weighted by Gasteiger charge is 2.22. The number of aromatic nitrogens is 2. The van der Waals surface area contributed by atoms with Crippen molar-refractivity contribution in [3.63, 3.8) is 0 Å². The fourth-order valence-electron chi connectivity index (χ4n) is 3.37. The third kappa shape index (κ3) is 3.16. The second-order valence-electron chi connectivity index (χ2n) is 6.41. The minimum absolute atomic E-state index is 0.674. The lowest BCUT2D eigenvalue weighted by molar-refractivity contribution is 0.137. The van der Waals surface area contributed by atoms with E-state index >= 15 is 0 Å². The first kappa shape index (κ1) is 15.5. The van der Waals surface area contributed by atoms with Crippen molar-refractivity contribution in [2.45, 2.75) is 32.0 Å². The summed E-state index contributed by atoms with van der Waals surface area (Å²) in [6.07, 6.45) is 4.63. The molecule has 0 aromatic carbocycles. The monoisotopic (exact) mass is 301 g/mol. The largest absolute Gasteiger partial charge is 0.314 e. The lowest BCUT2D eigenvalue weighted by Crippen LogP contribution is -2.41. The number of nitrogens with one attached hydrogen (secondary N) is 1. The van der Waals surface area contributed by atoms with Gasteiger partial charge in [-0.3, -0.25) is 4.90 Å². The number of hydrogen-bond donors (Lipinski definition) is 1. The van der Waals surface area contributed by atoms with Crippen LogP contribution in [0.4, 0.5) is 0 Å². The van der Waals surface area contributed by atoms with E-state index in [4.69, 9.17) is 4.98 Å². The molecular weight excluding hydrogens is 274 g/mol. The van der Waals surface area contributed by atoms with E-state index in [1.165, 1.54) is 31.6 Å². The molecule has 0 radical (unpaired) electrons. The van der Waals surface area contributed by atoms with Crippen LogP contribution >= 0.6 is 0 Å². The molecule has 22 heavy (non-hydrogen) atoms. The lowest BCUT2D eigenvalue weighted by atomic mass is 10.0. The third-order valence-electron chi connectivity index (χ3n) is 4.77. The quantitative estimate of drug-likeness (QED) is 0.909. The van der Waals surface area contributed by atoms with Crippen LogP contribution in [0.5, 0.6) is 0 Å². The van der Waals surface area contributed by atoms with Crippen LogP contribution in [0.1, 0.15) is 24.2 Å². The fraction of sp³-hybridized carbons (Fsp3) is 0.588. The van der Waals surface area contributed by atoms with Crippen LogP contribution in [0.3, 0.4) is 0 Å². The van der Waals surface area contributed by atoms with E-state index in [9.17, 15) is 0 Å².